The number of Topliss-reactive ketones (excluding diaryl/α,β-unsaturated/α-hetero) is 1. The first kappa shape index (κ1) is 20.4. The number of ether oxygens (including phenoxy) is 3. The molecule has 29 heavy (non-hydrogen) atoms. The minimum absolute atomic E-state index is 0.151. The standard InChI is InChI=1S/C20H22N2O7/c1-10-17(20(24)29-4)18(19-12(21-10)6-5-7-14(19)23)11-8-15(27-2)16(28-3)9-13(11)22(25)26/h8-9,18,21H,5-7H2,1-4H3. The van der Waals surface area contributed by atoms with E-state index in [0.29, 0.717) is 36.2 Å². The van der Waals surface area contributed by atoms with Crippen molar-refractivity contribution in [3.8, 4) is 11.5 Å². The van der Waals surface area contributed by atoms with E-state index in [4.69, 9.17) is 14.2 Å². The van der Waals surface area contributed by atoms with E-state index in [1.54, 1.807) is 6.92 Å². The van der Waals surface area contributed by atoms with Gasteiger partial charge in [-0.15, -0.1) is 0 Å². The molecule has 0 saturated heterocycles. The number of rotatable bonds is 5. The molecule has 1 aromatic carbocycles. The number of nitro groups is 1. The maximum absolute atomic E-state index is 12.8. The first-order chi connectivity index (χ1) is 13.8. The van der Waals surface area contributed by atoms with Crippen LogP contribution < -0.4 is 14.8 Å². The van der Waals surface area contributed by atoms with E-state index in [2.05, 4.69) is 5.32 Å². The van der Waals surface area contributed by atoms with Crippen LogP contribution in [0.4, 0.5) is 5.69 Å². The third kappa shape index (κ3) is 3.43. The molecule has 1 aliphatic heterocycles. The summed E-state index contributed by atoms with van der Waals surface area (Å²) >= 11 is 0. The number of nitrogens with zero attached hydrogens (tertiary/aromatic N) is 1. The Hall–Kier alpha value is -3.36. The molecule has 0 saturated carbocycles. The summed E-state index contributed by atoms with van der Waals surface area (Å²) < 4.78 is 15.4. The first-order valence-electron chi connectivity index (χ1n) is 9.06. The first-order valence-corrected chi connectivity index (χ1v) is 9.06. The molecule has 9 nitrogen and oxygen atoms in total. The highest BCUT2D eigenvalue weighted by molar-refractivity contribution is 6.04. The Kier molecular flexibility index (Phi) is 5.58. The van der Waals surface area contributed by atoms with Crippen LogP contribution in [0.1, 0.15) is 37.7 Å². The summed E-state index contributed by atoms with van der Waals surface area (Å²) in [6.07, 6.45) is 1.60. The molecule has 3 rings (SSSR count). The van der Waals surface area contributed by atoms with E-state index < -0.39 is 16.8 Å². The van der Waals surface area contributed by atoms with Gasteiger partial charge in [-0.1, -0.05) is 0 Å². The van der Waals surface area contributed by atoms with Gasteiger partial charge < -0.3 is 19.5 Å². The molecule has 2 aliphatic rings. The zero-order chi connectivity index (χ0) is 21.3. The molecule has 0 radical (unpaired) electrons. The lowest BCUT2D eigenvalue weighted by Crippen LogP contribution is -2.34. The van der Waals surface area contributed by atoms with Crippen molar-refractivity contribution >= 4 is 17.4 Å². The lowest BCUT2D eigenvalue weighted by molar-refractivity contribution is -0.385. The van der Waals surface area contributed by atoms with Gasteiger partial charge in [0.1, 0.15) is 0 Å². The van der Waals surface area contributed by atoms with Crippen LogP contribution >= 0.6 is 0 Å². The summed E-state index contributed by atoms with van der Waals surface area (Å²) in [5.74, 6) is -1.30. The van der Waals surface area contributed by atoms with Gasteiger partial charge in [0.2, 0.25) is 0 Å². The number of ketones is 1. The summed E-state index contributed by atoms with van der Waals surface area (Å²) in [6.45, 7) is 1.69. The van der Waals surface area contributed by atoms with Gasteiger partial charge in [-0.05, 0) is 25.8 Å². The molecule has 0 bridgehead atoms. The molecule has 1 unspecified atom stereocenters. The second-order valence-electron chi connectivity index (χ2n) is 6.78. The van der Waals surface area contributed by atoms with Crippen molar-refractivity contribution in [2.75, 3.05) is 21.3 Å². The van der Waals surface area contributed by atoms with Gasteiger partial charge in [-0.25, -0.2) is 4.79 Å². The van der Waals surface area contributed by atoms with Crippen molar-refractivity contribution in [2.45, 2.75) is 32.1 Å². The summed E-state index contributed by atoms with van der Waals surface area (Å²) in [5, 5.41) is 15.0. The molecule has 1 aromatic rings. The van der Waals surface area contributed by atoms with E-state index >= 15 is 0 Å². The van der Waals surface area contributed by atoms with Crippen molar-refractivity contribution in [2.24, 2.45) is 0 Å². The monoisotopic (exact) mass is 402 g/mol. The zero-order valence-electron chi connectivity index (χ0n) is 16.7. The van der Waals surface area contributed by atoms with Crippen molar-refractivity contribution in [1.82, 2.24) is 5.32 Å². The van der Waals surface area contributed by atoms with Crippen molar-refractivity contribution < 1.29 is 28.7 Å². The largest absolute Gasteiger partial charge is 0.493 e. The van der Waals surface area contributed by atoms with E-state index in [1.807, 2.05) is 0 Å². The van der Waals surface area contributed by atoms with E-state index in [0.717, 1.165) is 0 Å². The lowest BCUT2D eigenvalue weighted by Gasteiger charge is -2.33. The molecule has 0 spiro atoms. The number of nitro benzene ring substituents is 1. The maximum atomic E-state index is 12.8. The molecule has 154 valence electrons. The van der Waals surface area contributed by atoms with Crippen LogP contribution in [0.3, 0.4) is 0 Å². The summed E-state index contributed by atoms with van der Waals surface area (Å²) in [4.78, 5) is 36.8. The molecular weight excluding hydrogens is 380 g/mol. The van der Waals surface area contributed by atoms with Crippen molar-refractivity contribution in [3.05, 3.63) is 50.4 Å². The molecule has 1 atom stereocenters. The predicted octanol–water partition coefficient (Wildman–Crippen LogP) is 2.75. The number of dihydropyridines is 1. The van der Waals surface area contributed by atoms with Gasteiger partial charge in [-0.2, -0.15) is 0 Å². The van der Waals surface area contributed by atoms with Gasteiger partial charge in [0, 0.05) is 29.0 Å². The number of methoxy groups -OCH3 is 3. The number of benzene rings is 1. The highest BCUT2D eigenvalue weighted by Gasteiger charge is 2.42. The third-order valence-electron chi connectivity index (χ3n) is 5.22. The quantitative estimate of drug-likeness (QED) is 0.454. The van der Waals surface area contributed by atoms with Gasteiger partial charge in [0.25, 0.3) is 5.69 Å². The fourth-order valence-corrected chi connectivity index (χ4v) is 3.95. The van der Waals surface area contributed by atoms with Crippen LogP contribution in [-0.4, -0.2) is 38.0 Å². The average molecular weight is 402 g/mol. The molecule has 0 aromatic heterocycles. The minimum atomic E-state index is -0.938. The summed E-state index contributed by atoms with van der Waals surface area (Å²) in [6, 6.07) is 2.70. The number of hydrogen-bond donors (Lipinski definition) is 1. The normalized spacial score (nSPS) is 18.8. The van der Waals surface area contributed by atoms with E-state index in [1.165, 1.54) is 33.5 Å². The minimum Gasteiger partial charge on any atom is -0.493 e. The molecular formula is C20H22N2O7. The Labute approximate surface area is 167 Å². The van der Waals surface area contributed by atoms with E-state index in [-0.39, 0.29) is 34.1 Å². The fourth-order valence-electron chi connectivity index (χ4n) is 3.95. The highest BCUT2D eigenvalue weighted by atomic mass is 16.6. The van der Waals surface area contributed by atoms with Gasteiger partial charge in [0.15, 0.2) is 17.3 Å². The lowest BCUT2D eigenvalue weighted by atomic mass is 9.74. The van der Waals surface area contributed by atoms with Crippen molar-refractivity contribution in [3.63, 3.8) is 0 Å². The Morgan fingerprint density at radius 1 is 1.17 bits per heavy atom. The Balaban J connectivity index is 2.35. The molecule has 9 heteroatoms. The number of carbonyl (C=O) groups excluding carboxylic acids is 2. The number of hydrogen-bond acceptors (Lipinski definition) is 8. The maximum Gasteiger partial charge on any atom is 0.336 e. The van der Waals surface area contributed by atoms with Crippen LogP contribution in [-0.2, 0) is 14.3 Å². The summed E-state index contributed by atoms with van der Waals surface area (Å²) in [5.41, 5.74) is 1.61. The number of nitrogens with one attached hydrogen (secondary N) is 1. The van der Waals surface area contributed by atoms with Gasteiger partial charge >= 0.3 is 5.97 Å². The van der Waals surface area contributed by atoms with Gasteiger partial charge in [-0.3, -0.25) is 14.9 Å². The number of carbonyl (C=O) groups is 2. The van der Waals surface area contributed by atoms with Crippen LogP contribution in [0.25, 0.3) is 0 Å². The smallest absolute Gasteiger partial charge is 0.336 e. The Morgan fingerprint density at radius 3 is 2.41 bits per heavy atom. The topological polar surface area (TPSA) is 117 Å². The molecule has 1 N–H and O–H groups in total. The molecule has 0 amide bonds. The summed E-state index contributed by atoms with van der Waals surface area (Å²) in [7, 11) is 4.02. The Morgan fingerprint density at radius 2 is 1.83 bits per heavy atom. The SMILES string of the molecule is COC(=O)C1=C(C)NC2=C(C(=O)CCC2)C1c1cc(OC)c(OC)cc1[N+](=O)[O-]. The Bertz CT molecular complexity index is 962. The fraction of sp³-hybridized carbons (Fsp3) is 0.400. The molecule has 0 fully saturated rings. The number of esters is 1. The average Bonchev–Trinajstić information content (AvgIpc) is 2.71. The van der Waals surface area contributed by atoms with Crippen LogP contribution in [0, 0.1) is 10.1 Å². The second kappa shape index (κ2) is 7.94. The molecule has 1 aliphatic carbocycles. The van der Waals surface area contributed by atoms with Crippen LogP contribution in [0.2, 0.25) is 0 Å². The third-order valence-corrected chi connectivity index (χ3v) is 5.22. The van der Waals surface area contributed by atoms with Crippen LogP contribution in [0.15, 0.2) is 34.7 Å². The molecule has 1 heterocycles. The second-order valence-corrected chi connectivity index (χ2v) is 6.78. The highest BCUT2D eigenvalue weighted by Crippen LogP contribution is 2.47. The van der Waals surface area contributed by atoms with E-state index in [9.17, 15) is 19.7 Å². The van der Waals surface area contributed by atoms with Gasteiger partial charge in [0.05, 0.1) is 43.8 Å². The van der Waals surface area contributed by atoms with Crippen molar-refractivity contribution in [1.29, 1.82) is 0 Å². The zero-order valence-corrected chi connectivity index (χ0v) is 16.7. The number of allylic oxidation sites excluding steroid dienone is 3. The predicted molar refractivity (Wildman–Crippen MR) is 103 cm³/mol. The van der Waals surface area contributed by atoms with Crippen LogP contribution in [0.5, 0.6) is 11.5 Å².